The fourth-order valence-electron chi connectivity index (χ4n) is 6.22. The summed E-state index contributed by atoms with van der Waals surface area (Å²) in [6.45, 7) is 5.90. The van der Waals surface area contributed by atoms with Gasteiger partial charge in [-0.15, -0.1) is 0 Å². The lowest BCUT2D eigenvalue weighted by Crippen LogP contribution is -2.21. The van der Waals surface area contributed by atoms with Gasteiger partial charge in [-0.1, -0.05) is 133 Å². The molecule has 2 heterocycles. The second kappa shape index (κ2) is 41.8. The quantitative estimate of drug-likeness (QED) is 0.0278. The number of methoxy groups -OCH3 is 1. The van der Waals surface area contributed by atoms with Gasteiger partial charge in [-0.3, -0.25) is 9.97 Å². The summed E-state index contributed by atoms with van der Waals surface area (Å²) in [5.74, 6) is 1.24. The van der Waals surface area contributed by atoms with Crippen LogP contribution >= 0.6 is 0 Å². The zero-order valence-electron chi connectivity index (χ0n) is 45.6. The minimum Gasteiger partial charge on any atom is -0.507 e. The molecule has 22 nitrogen and oxygen atoms in total. The van der Waals surface area contributed by atoms with Crippen LogP contribution in [0.4, 0.5) is 5.69 Å². The van der Waals surface area contributed by atoms with Crippen molar-refractivity contribution >= 4 is 48.7 Å². The smallest absolute Gasteiger partial charge is 0.126 e. The normalized spacial score (nSPS) is 10.3. The van der Waals surface area contributed by atoms with Crippen LogP contribution in [-0.4, -0.2) is 134 Å². The van der Waals surface area contributed by atoms with Crippen molar-refractivity contribution in [3.63, 3.8) is 0 Å². The van der Waals surface area contributed by atoms with E-state index in [1.807, 2.05) is 84.9 Å². The van der Waals surface area contributed by atoms with E-state index in [2.05, 4.69) is 74.5 Å². The molecule has 9 N–H and O–H groups in total. The third-order valence-corrected chi connectivity index (χ3v) is 10.2. The monoisotopic (exact) mass is 1120 g/mol. The van der Waals surface area contributed by atoms with Gasteiger partial charge in [-0.05, 0) is 92.7 Å². The largest absolute Gasteiger partial charge is 0.507 e. The number of rotatable bonds is 14. The van der Waals surface area contributed by atoms with Gasteiger partial charge >= 0.3 is 0 Å². The molecule has 0 atom stereocenters. The fraction of sp³-hybridized carbons (Fsp3) is 0.117. The maximum Gasteiger partial charge on any atom is 0.126 e. The van der Waals surface area contributed by atoms with Gasteiger partial charge in [0.1, 0.15) is 48.7 Å². The van der Waals surface area contributed by atoms with Gasteiger partial charge in [0.15, 0.2) is 0 Å². The molecule has 22 heteroatoms. The third kappa shape index (κ3) is 26.7. The van der Waals surface area contributed by atoms with Crippen LogP contribution in [0.15, 0.2) is 230 Å². The number of phenolic OH excluding ortho intramolecular Hbond substituents is 4. The lowest BCUT2D eigenvalue weighted by atomic mass is 10.0. The number of aromatic hydroxyl groups is 4. The van der Waals surface area contributed by atoms with Crippen molar-refractivity contribution in [3.05, 3.63) is 239 Å². The fourth-order valence-corrected chi connectivity index (χ4v) is 6.22. The summed E-state index contributed by atoms with van der Waals surface area (Å²) in [4.78, 5) is 18.8. The van der Waals surface area contributed by atoms with Crippen LogP contribution in [0.1, 0.15) is 58.6 Å². The van der Waals surface area contributed by atoms with Gasteiger partial charge in [-0.2, -0.15) is 0 Å². The Morgan fingerprint density at radius 3 is 1.23 bits per heavy atom. The molecule has 0 saturated heterocycles. The molecule has 6 aromatic carbocycles. The summed E-state index contributed by atoms with van der Waals surface area (Å²) in [7, 11) is 4.45. The van der Waals surface area contributed by atoms with Crippen LogP contribution in [0.5, 0.6) is 28.7 Å². The first-order valence-corrected chi connectivity index (χ1v) is 24.5. The Kier molecular flexibility index (Phi) is 34.1. The zero-order chi connectivity index (χ0) is 60.0. The van der Waals surface area contributed by atoms with Gasteiger partial charge in [0.25, 0.3) is 0 Å². The van der Waals surface area contributed by atoms with Crippen LogP contribution in [0.3, 0.4) is 0 Å². The standard InChI is InChI=1S/C13H11NO.C11H16N2O2.C9H11NO3.C8H9NO2.C7H7NO2.2C6H6N2O/c15-14-13(11-7-3-1-4-8-11)12-9-5-2-6-10-12;1-3-13(4-2)10-6-5-9(8-12-15)11(14)7-10;1-12-8-3-4-9(11)7(5-8)6-10-13-2;1-11-9-6-7-4-2-3-5-8(7)10;9-7-4-2-1-3-6(7)5-8-10;2*9-8-5-6-3-1-2-4-7-6/h1-10,15H;5-8,14-15H,3-4H2,1-2H3;3-6,11H,1-2H3;2-6,10H,1H3;1-5,9-10H;2*1-5,9H/b;12-8+;10-6+;9-6+;3*8-5+. The van der Waals surface area contributed by atoms with Crippen LogP contribution in [0, 0.1) is 0 Å². The van der Waals surface area contributed by atoms with Gasteiger partial charge in [0.05, 0.1) is 55.8 Å². The number of hydrogen-bond donors (Lipinski definition) is 9. The maximum atomic E-state index is 9.63. The SMILES string of the molecule is CCN(CC)c1ccc(/C=N/O)c(O)c1.CO/N=C/c1cc(OC)ccc1O.CO/N=C/c1ccccc1O.O/N=C/c1ccccc1O.O/N=C/c1ccccn1.O/N=C/c1ccccn1.ON=C(c1ccccc1)c1ccccc1. The van der Waals surface area contributed by atoms with E-state index in [4.69, 9.17) is 35.9 Å². The van der Waals surface area contributed by atoms with E-state index in [1.165, 1.54) is 63.6 Å². The van der Waals surface area contributed by atoms with Crippen LogP contribution in [0.2, 0.25) is 0 Å². The Bertz CT molecular complexity index is 3100. The Hall–Kier alpha value is -11.3. The number of nitrogens with zero attached hydrogens (tertiary/aromatic N) is 10. The number of hydrogen-bond acceptors (Lipinski definition) is 22. The minimum absolute atomic E-state index is 0.111. The third-order valence-electron chi connectivity index (χ3n) is 10.2. The molecule has 0 aliphatic rings. The number of ether oxygens (including phenoxy) is 1. The van der Waals surface area contributed by atoms with Crippen molar-refractivity contribution in [2.45, 2.75) is 13.8 Å². The number of benzene rings is 6. The van der Waals surface area contributed by atoms with Gasteiger partial charge < -0.3 is 65.8 Å². The molecular formula is C60H66N10O12. The number of phenols is 4. The molecule has 0 bridgehead atoms. The van der Waals surface area contributed by atoms with Crippen molar-refractivity contribution in [2.75, 3.05) is 39.3 Å². The predicted octanol–water partition coefficient (Wildman–Crippen LogP) is 10.7. The van der Waals surface area contributed by atoms with Gasteiger partial charge in [0.2, 0.25) is 0 Å². The van der Waals surface area contributed by atoms with Crippen LogP contribution < -0.4 is 9.64 Å². The summed E-state index contributed by atoms with van der Waals surface area (Å²) in [6.07, 6.45) is 11.1. The number of oxime groups is 7. The molecule has 8 rings (SSSR count). The van der Waals surface area contributed by atoms with E-state index < -0.39 is 0 Å². The molecule has 0 aliphatic carbocycles. The molecule has 0 amide bonds. The molecule has 82 heavy (non-hydrogen) atoms. The van der Waals surface area contributed by atoms with E-state index in [0.29, 0.717) is 45.1 Å². The van der Waals surface area contributed by atoms with E-state index in [0.717, 1.165) is 29.9 Å². The van der Waals surface area contributed by atoms with Crippen molar-refractivity contribution < 1.29 is 60.9 Å². The highest BCUT2D eigenvalue weighted by molar-refractivity contribution is 6.12. The first kappa shape index (κ1) is 66.8. The summed E-state index contributed by atoms with van der Waals surface area (Å²) >= 11 is 0. The number of para-hydroxylation sites is 2. The molecule has 0 saturated carbocycles. The second-order valence-corrected chi connectivity index (χ2v) is 15.5. The highest BCUT2D eigenvalue weighted by Crippen LogP contribution is 2.24. The molecule has 2 aromatic heterocycles. The van der Waals surface area contributed by atoms with Crippen LogP contribution in [0.25, 0.3) is 0 Å². The summed E-state index contributed by atoms with van der Waals surface area (Å²) in [5, 5.41) is 101. The first-order valence-electron chi connectivity index (χ1n) is 24.5. The van der Waals surface area contributed by atoms with E-state index in [-0.39, 0.29) is 23.0 Å². The van der Waals surface area contributed by atoms with E-state index >= 15 is 0 Å². The molecule has 0 spiro atoms. The highest BCUT2D eigenvalue weighted by atomic mass is 16.6. The second-order valence-electron chi connectivity index (χ2n) is 15.5. The Labute approximate surface area is 475 Å². The molecule has 0 fully saturated rings. The van der Waals surface area contributed by atoms with E-state index in [1.54, 1.807) is 104 Å². The Morgan fingerprint density at radius 1 is 0.427 bits per heavy atom. The maximum absolute atomic E-state index is 9.63. The lowest BCUT2D eigenvalue weighted by Gasteiger charge is -2.21. The minimum atomic E-state index is 0.111. The molecule has 0 aliphatic heterocycles. The van der Waals surface area contributed by atoms with Gasteiger partial charge in [-0.25, -0.2) is 0 Å². The average Bonchev–Trinajstić information content (AvgIpc) is 3.53. The summed E-state index contributed by atoms with van der Waals surface area (Å²) in [6, 6.07) is 53.7. The number of pyridine rings is 2. The summed E-state index contributed by atoms with van der Waals surface area (Å²) in [5.41, 5.74) is 6.90. The molecule has 0 unspecified atom stereocenters. The van der Waals surface area contributed by atoms with E-state index in [9.17, 15) is 15.3 Å². The number of anilines is 1. The van der Waals surface area contributed by atoms with Crippen molar-refractivity contribution in [1.82, 2.24) is 9.97 Å². The Balaban J connectivity index is 0.000000330. The molecule has 428 valence electrons. The molecule has 0 radical (unpaired) electrons. The molecule has 8 aromatic rings. The molecular weight excluding hydrogens is 1050 g/mol. The predicted molar refractivity (Wildman–Crippen MR) is 318 cm³/mol. The highest BCUT2D eigenvalue weighted by Gasteiger charge is 2.07. The summed E-state index contributed by atoms with van der Waals surface area (Å²) < 4.78 is 4.98. The first-order chi connectivity index (χ1) is 40.0. The number of aromatic nitrogens is 2. The van der Waals surface area contributed by atoms with Crippen molar-refractivity contribution in [1.29, 1.82) is 0 Å². The van der Waals surface area contributed by atoms with Gasteiger partial charge in [0, 0.05) is 70.6 Å². The van der Waals surface area contributed by atoms with Crippen LogP contribution in [-0.2, 0) is 9.68 Å². The topological polar surface area (TPSA) is 325 Å². The van der Waals surface area contributed by atoms with Crippen molar-refractivity contribution in [2.24, 2.45) is 36.1 Å². The van der Waals surface area contributed by atoms with Crippen molar-refractivity contribution in [3.8, 4) is 28.7 Å². The lowest BCUT2D eigenvalue weighted by molar-refractivity contribution is 0.215. The average molecular weight is 1120 g/mol. The zero-order valence-corrected chi connectivity index (χ0v) is 45.6. The Morgan fingerprint density at radius 2 is 0.841 bits per heavy atom.